The summed E-state index contributed by atoms with van der Waals surface area (Å²) in [7, 11) is 1.47. The number of amides is 6. The normalized spacial score (nSPS) is 22.8. The van der Waals surface area contributed by atoms with E-state index in [2.05, 4.69) is 16.0 Å². The van der Waals surface area contributed by atoms with Gasteiger partial charge in [0.1, 0.15) is 24.4 Å². The summed E-state index contributed by atoms with van der Waals surface area (Å²) < 4.78 is 46.7. The molecule has 5 rings (SSSR count). The summed E-state index contributed by atoms with van der Waals surface area (Å²) in [6.45, 7) is -1.98. The quantitative estimate of drug-likeness (QED) is 0.520. The number of fused-ring (bicyclic) bond motifs is 3. The van der Waals surface area contributed by atoms with Crippen molar-refractivity contribution in [1.29, 1.82) is 0 Å². The Labute approximate surface area is 212 Å². The van der Waals surface area contributed by atoms with Gasteiger partial charge in [-0.1, -0.05) is 6.07 Å². The summed E-state index contributed by atoms with van der Waals surface area (Å²) in [6.07, 6.45) is -4.15. The lowest BCUT2D eigenvalue weighted by Crippen LogP contribution is -2.53. The van der Waals surface area contributed by atoms with Crippen molar-refractivity contribution in [2.75, 3.05) is 25.5 Å². The number of imide groups is 1. The second-order valence-electron chi connectivity index (χ2n) is 8.90. The molecular weight excluding hydrogens is 515 g/mol. The number of thiophene rings is 1. The first kappa shape index (κ1) is 24.9. The number of urea groups is 2. The van der Waals surface area contributed by atoms with E-state index in [9.17, 15) is 32.3 Å². The topological polar surface area (TPSA) is 120 Å². The lowest BCUT2D eigenvalue weighted by atomic mass is 9.91. The fraction of sp³-hybridized carbons (Fsp3) is 0.391. The highest BCUT2D eigenvalue weighted by Gasteiger charge is 2.56. The van der Waals surface area contributed by atoms with Gasteiger partial charge in [-0.3, -0.25) is 14.5 Å². The van der Waals surface area contributed by atoms with Gasteiger partial charge in [0.2, 0.25) is 5.91 Å². The molecule has 14 heteroatoms. The van der Waals surface area contributed by atoms with Crippen LogP contribution in [0.5, 0.6) is 5.75 Å². The molecule has 0 unspecified atom stereocenters. The smallest absolute Gasteiger partial charge is 0.412 e. The Kier molecular flexibility index (Phi) is 6.01. The number of benzene rings is 1. The average molecular weight is 538 g/mol. The molecule has 2 atom stereocenters. The predicted molar refractivity (Wildman–Crippen MR) is 125 cm³/mol. The van der Waals surface area contributed by atoms with Crippen LogP contribution in [0.1, 0.15) is 22.4 Å². The van der Waals surface area contributed by atoms with Crippen LogP contribution in [0, 0.1) is 0 Å². The molecule has 1 fully saturated rings. The van der Waals surface area contributed by atoms with Crippen LogP contribution in [0.25, 0.3) is 0 Å². The molecule has 6 amide bonds. The van der Waals surface area contributed by atoms with Gasteiger partial charge in [0, 0.05) is 12.7 Å². The number of nitrogens with zero attached hydrogens (tertiary/aromatic N) is 2. The number of carbonyl (C=O) groups is 4. The van der Waals surface area contributed by atoms with Crippen LogP contribution in [-0.2, 0) is 28.1 Å². The van der Waals surface area contributed by atoms with E-state index in [1.54, 1.807) is 23.6 Å². The molecule has 0 bridgehead atoms. The fourth-order valence-electron chi connectivity index (χ4n) is 4.92. The Hall–Kier alpha value is -3.81. The second kappa shape index (κ2) is 8.94. The number of hydrogen-bond acceptors (Lipinski definition) is 6. The van der Waals surface area contributed by atoms with Crippen LogP contribution in [0.2, 0.25) is 0 Å². The lowest BCUT2D eigenvalue weighted by molar-refractivity contribution is -0.195. The van der Waals surface area contributed by atoms with E-state index in [0.29, 0.717) is 32.3 Å². The van der Waals surface area contributed by atoms with E-state index in [1.807, 2.05) is 0 Å². The van der Waals surface area contributed by atoms with Gasteiger partial charge in [0.15, 0.2) is 6.04 Å². The number of hydrogen-bond donors (Lipinski definition) is 3. The Balaban J connectivity index is 1.38. The number of rotatable bonds is 3. The molecule has 1 saturated heterocycles. The Morgan fingerprint density at radius 1 is 1.27 bits per heavy atom. The van der Waals surface area contributed by atoms with Crippen molar-refractivity contribution in [1.82, 2.24) is 20.4 Å². The second-order valence-corrected chi connectivity index (χ2v) is 9.90. The minimum atomic E-state index is -4.77. The van der Waals surface area contributed by atoms with E-state index in [0.717, 1.165) is 16.9 Å². The van der Waals surface area contributed by atoms with Crippen LogP contribution in [0.15, 0.2) is 29.6 Å². The molecule has 2 aliphatic heterocycles. The van der Waals surface area contributed by atoms with Crippen LogP contribution in [0.3, 0.4) is 0 Å². The van der Waals surface area contributed by atoms with Gasteiger partial charge in [0.25, 0.3) is 5.91 Å². The molecule has 3 N–H and O–H groups in total. The Bertz CT molecular complexity index is 1300. The number of alkyl halides is 3. The lowest BCUT2D eigenvalue weighted by Gasteiger charge is -2.31. The highest BCUT2D eigenvalue weighted by atomic mass is 32.1. The zero-order chi connectivity index (χ0) is 26.5. The highest BCUT2D eigenvalue weighted by molar-refractivity contribution is 7.10. The maximum Gasteiger partial charge on any atom is 0.412 e. The van der Waals surface area contributed by atoms with Crippen molar-refractivity contribution in [2.24, 2.45) is 0 Å². The molecule has 2 aromatic rings. The van der Waals surface area contributed by atoms with Crippen LogP contribution >= 0.6 is 11.3 Å². The van der Waals surface area contributed by atoms with Gasteiger partial charge >= 0.3 is 18.2 Å². The van der Waals surface area contributed by atoms with Gasteiger partial charge in [0.05, 0.1) is 11.4 Å². The van der Waals surface area contributed by atoms with Crippen LogP contribution < -0.4 is 20.7 Å². The predicted octanol–water partition coefficient (Wildman–Crippen LogP) is 2.54. The fourth-order valence-corrected chi connectivity index (χ4v) is 5.74. The van der Waals surface area contributed by atoms with Gasteiger partial charge in [-0.2, -0.15) is 13.2 Å². The van der Waals surface area contributed by atoms with Gasteiger partial charge in [-0.25, -0.2) is 9.59 Å². The third-order valence-electron chi connectivity index (χ3n) is 6.78. The summed E-state index contributed by atoms with van der Waals surface area (Å²) in [6, 6.07) is 2.91. The number of carbonyl (C=O) groups excluding carboxylic acids is 4. The zero-order valence-corrected chi connectivity index (χ0v) is 20.3. The molecule has 1 aliphatic carbocycles. The van der Waals surface area contributed by atoms with Crippen LogP contribution in [0.4, 0.5) is 28.4 Å². The van der Waals surface area contributed by atoms with Crippen molar-refractivity contribution in [3.63, 3.8) is 0 Å². The molecule has 0 saturated carbocycles. The molecule has 0 radical (unpaired) electrons. The number of nitrogens with one attached hydrogen (secondary N) is 3. The van der Waals surface area contributed by atoms with Gasteiger partial charge in [-0.05, 0) is 47.5 Å². The molecule has 196 valence electrons. The SMILES string of the molecule is CNC(=O)Nc1ccc2c(c1)CC[C@@]21NC(=O)N(CC(=O)N2Cc3sccc3OC[C@H]2C(F)(F)F)C1=O. The first-order valence-electron chi connectivity index (χ1n) is 11.3. The molecular formula is C23H22F3N5O5S. The van der Waals surface area contributed by atoms with E-state index < -0.39 is 54.8 Å². The highest BCUT2D eigenvalue weighted by Crippen LogP contribution is 2.42. The van der Waals surface area contributed by atoms with Crippen LogP contribution in [-0.4, -0.2) is 66.1 Å². The van der Waals surface area contributed by atoms with Crippen molar-refractivity contribution < 1.29 is 37.1 Å². The summed E-state index contributed by atoms with van der Waals surface area (Å²) in [5.74, 6) is -1.45. The number of aryl methyl sites for hydroxylation is 1. The molecule has 1 aromatic heterocycles. The molecule has 3 heterocycles. The molecule has 3 aliphatic rings. The average Bonchev–Trinajstić information content (AvgIpc) is 3.46. The first-order valence-corrected chi connectivity index (χ1v) is 12.2. The van der Waals surface area contributed by atoms with Crippen molar-refractivity contribution in [2.45, 2.75) is 37.1 Å². The molecule has 1 spiro atoms. The Morgan fingerprint density at radius 3 is 2.78 bits per heavy atom. The van der Waals surface area contributed by atoms with E-state index in [1.165, 1.54) is 13.1 Å². The van der Waals surface area contributed by atoms with E-state index in [4.69, 9.17) is 4.74 Å². The van der Waals surface area contributed by atoms with Crippen molar-refractivity contribution in [3.05, 3.63) is 45.6 Å². The maximum atomic E-state index is 13.8. The maximum absolute atomic E-state index is 13.8. The molecule has 1 aromatic carbocycles. The van der Waals surface area contributed by atoms with Crippen molar-refractivity contribution >= 4 is 40.9 Å². The number of anilines is 1. The third-order valence-corrected chi connectivity index (χ3v) is 7.66. The van der Waals surface area contributed by atoms with Crippen molar-refractivity contribution in [3.8, 4) is 5.75 Å². The first-order chi connectivity index (χ1) is 17.5. The van der Waals surface area contributed by atoms with Gasteiger partial charge in [-0.15, -0.1) is 11.3 Å². The largest absolute Gasteiger partial charge is 0.490 e. The van der Waals surface area contributed by atoms with E-state index >= 15 is 0 Å². The summed E-state index contributed by atoms with van der Waals surface area (Å²) in [4.78, 5) is 52.8. The van der Waals surface area contributed by atoms with Gasteiger partial charge < -0.3 is 25.6 Å². The summed E-state index contributed by atoms with van der Waals surface area (Å²) >= 11 is 1.15. The summed E-state index contributed by atoms with van der Waals surface area (Å²) in [5, 5.41) is 9.37. The third kappa shape index (κ3) is 4.24. The number of halogens is 3. The number of ether oxygens (including phenoxy) is 1. The monoisotopic (exact) mass is 537 g/mol. The molecule has 37 heavy (non-hydrogen) atoms. The Morgan fingerprint density at radius 2 is 2.05 bits per heavy atom. The zero-order valence-electron chi connectivity index (χ0n) is 19.5. The molecule has 10 nitrogen and oxygen atoms in total. The standard InChI is InChI=1S/C23H22F3N5O5S/c1-27-20(34)28-13-2-3-14-12(8-13)4-6-22(14)19(33)31(21(35)29-22)10-18(32)30-9-16-15(5-7-37-16)36-11-17(30)23(24,25)26/h2-3,5,7-8,17H,4,6,9-11H2,1H3,(H,29,35)(H2,27,28,34)/t17-,22+/m0/s1. The summed E-state index contributed by atoms with van der Waals surface area (Å²) in [5.41, 5.74) is 0.309. The minimum absolute atomic E-state index is 0.211. The minimum Gasteiger partial charge on any atom is -0.490 e. The van der Waals surface area contributed by atoms with E-state index in [-0.39, 0.29) is 18.7 Å².